The van der Waals surface area contributed by atoms with E-state index in [-0.39, 0.29) is 6.03 Å². The van der Waals surface area contributed by atoms with Crippen LogP contribution in [0.1, 0.15) is 44.2 Å². The summed E-state index contributed by atoms with van der Waals surface area (Å²) in [4.78, 5) is 14.3. The number of urea groups is 1. The number of nitrogens with one attached hydrogen (secondary N) is 2. The lowest BCUT2D eigenvalue weighted by Crippen LogP contribution is -2.37. The number of hydrogen-bond donors (Lipinski definition) is 3. The minimum absolute atomic E-state index is 0.183. The molecule has 1 heterocycles. The van der Waals surface area contributed by atoms with Crippen molar-refractivity contribution in [3.05, 3.63) is 35.4 Å². The molecule has 0 radical (unpaired) electrons. The van der Waals surface area contributed by atoms with Crippen LogP contribution in [0.3, 0.4) is 0 Å². The molecule has 3 N–H and O–H groups in total. The maximum Gasteiger partial charge on any atom is 0.315 e. The third-order valence-electron chi connectivity index (χ3n) is 4.54. The van der Waals surface area contributed by atoms with Crippen LogP contribution in [0, 0.1) is 5.92 Å². The number of nitrogens with zero attached hydrogens (tertiary/aromatic N) is 1. The third-order valence-corrected chi connectivity index (χ3v) is 4.54. The van der Waals surface area contributed by atoms with Gasteiger partial charge in [-0.2, -0.15) is 0 Å². The highest BCUT2D eigenvalue weighted by atomic mass is 16.3. The Hall–Kier alpha value is -1.59. The molecule has 5 heteroatoms. The lowest BCUT2D eigenvalue weighted by Gasteiger charge is -2.31. The van der Waals surface area contributed by atoms with E-state index in [2.05, 4.69) is 40.7 Å². The van der Waals surface area contributed by atoms with E-state index in [1.54, 1.807) is 6.92 Å². The van der Waals surface area contributed by atoms with Gasteiger partial charge in [0.1, 0.15) is 0 Å². The van der Waals surface area contributed by atoms with Gasteiger partial charge in [0.25, 0.3) is 0 Å². The van der Waals surface area contributed by atoms with Gasteiger partial charge in [0.2, 0.25) is 0 Å². The molecule has 5 nitrogen and oxygen atoms in total. The van der Waals surface area contributed by atoms with Crippen molar-refractivity contribution in [1.29, 1.82) is 0 Å². The van der Waals surface area contributed by atoms with Gasteiger partial charge in [-0.25, -0.2) is 4.79 Å². The minimum Gasteiger partial charge on any atom is -0.393 e. The molecule has 134 valence electrons. The summed E-state index contributed by atoms with van der Waals surface area (Å²) >= 11 is 0. The smallest absolute Gasteiger partial charge is 0.315 e. The highest BCUT2D eigenvalue weighted by Crippen LogP contribution is 2.19. The Morgan fingerprint density at radius 1 is 1.33 bits per heavy atom. The molecule has 0 aromatic heterocycles. The van der Waals surface area contributed by atoms with E-state index in [4.69, 9.17) is 0 Å². The van der Waals surface area contributed by atoms with Gasteiger partial charge in [-0.1, -0.05) is 31.2 Å². The molecule has 2 unspecified atom stereocenters. The van der Waals surface area contributed by atoms with Crippen LogP contribution >= 0.6 is 0 Å². The summed E-state index contributed by atoms with van der Waals surface area (Å²) in [6, 6.07) is 8.14. The van der Waals surface area contributed by atoms with Crippen molar-refractivity contribution in [3.63, 3.8) is 0 Å². The molecule has 24 heavy (non-hydrogen) atoms. The van der Waals surface area contributed by atoms with E-state index in [1.807, 2.05) is 6.07 Å². The first-order valence-electron chi connectivity index (χ1n) is 9.03. The summed E-state index contributed by atoms with van der Waals surface area (Å²) in [6.07, 6.45) is 2.77. The van der Waals surface area contributed by atoms with Crippen LogP contribution < -0.4 is 10.6 Å². The largest absolute Gasteiger partial charge is 0.393 e. The van der Waals surface area contributed by atoms with Crippen LogP contribution in [0.2, 0.25) is 0 Å². The molecule has 1 saturated heterocycles. The van der Waals surface area contributed by atoms with Gasteiger partial charge in [0.05, 0.1) is 6.10 Å². The summed E-state index contributed by atoms with van der Waals surface area (Å²) in [5, 5.41) is 14.9. The molecule has 2 rings (SSSR count). The van der Waals surface area contributed by atoms with Crippen LogP contribution in [0.4, 0.5) is 4.79 Å². The van der Waals surface area contributed by atoms with Gasteiger partial charge in [-0.15, -0.1) is 0 Å². The lowest BCUT2D eigenvalue weighted by atomic mass is 9.99. The van der Waals surface area contributed by atoms with Crippen LogP contribution in [-0.2, 0) is 13.1 Å². The molecule has 0 bridgehead atoms. The highest BCUT2D eigenvalue weighted by Gasteiger charge is 2.17. The number of aliphatic hydroxyl groups is 1. The predicted molar refractivity (Wildman–Crippen MR) is 96.7 cm³/mol. The molecular weight excluding hydrogens is 302 g/mol. The number of likely N-dealkylation sites (tertiary alicyclic amines) is 1. The SMILES string of the molecule is CC(O)CCNC(=O)NCc1ccccc1CN1CCCC(C)C1. The number of amides is 2. The van der Waals surface area contributed by atoms with Gasteiger partial charge in [-0.3, -0.25) is 4.90 Å². The van der Waals surface area contributed by atoms with Crippen molar-refractivity contribution in [2.45, 2.75) is 52.3 Å². The molecule has 0 aliphatic carbocycles. The Balaban J connectivity index is 1.83. The maximum atomic E-state index is 11.8. The number of aliphatic hydroxyl groups excluding tert-OH is 1. The third kappa shape index (κ3) is 6.49. The van der Waals surface area contributed by atoms with Crippen molar-refractivity contribution in [1.82, 2.24) is 15.5 Å². The summed E-state index contributed by atoms with van der Waals surface area (Å²) in [7, 11) is 0. The Bertz CT molecular complexity index is 519. The molecular formula is C19H31N3O2. The van der Waals surface area contributed by atoms with Gasteiger partial charge in [0, 0.05) is 26.2 Å². The van der Waals surface area contributed by atoms with Crippen molar-refractivity contribution in [2.75, 3.05) is 19.6 Å². The molecule has 1 aromatic rings. The maximum absolute atomic E-state index is 11.8. The zero-order chi connectivity index (χ0) is 17.4. The van der Waals surface area contributed by atoms with Crippen LogP contribution in [0.15, 0.2) is 24.3 Å². The van der Waals surface area contributed by atoms with E-state index >= 15 is 0 Å². The number of rotatable bonds is 7. The molecule has 1 aliphatic rings. The molecule has 2 atom stereocenters. The molecule has 0 spiro atoms. The Morgan fingerprint density at radius 3 is 2.79 bits per heavy atom. The standard InChI is InChI=1S/C19H31N3O2/c1-15-6-5-11-22(13-15)14-18-8-4-3-7-17(18)12-21-19(24)20-10-9-16(2)23/h3-4,7-8,15-16,23H,5-6,9-14H2,1-2H3,(H2,20,21,24). The first kappa shape index (κ1) is 18.7. The summed E-state index contributed by atoms with van der Waals surface area (Å²) < 4.78 is 0. The fourth-order valence-electron chi connectivity index (χ4n) is 3.19. The van der Waals surface area contributed by atoms with Crippen molar-refractivity contribution in [2.24, 2.45) is 5.92 Å². The fraction of sp³-hybridized carbons (Fsp3) is 0.632. The van der Waals surface area contributed by atoms with Crippen molar-refractivity contribution in [3.8, 4) is 0 Å². The van der Waals surface area contributed by atoms with Gasteiger partial charge < -0.3 is 15.7 Å². The van der Waals surface area contributed by atoms with Crippen LogP contribution in [0.25, 0.3) is 0 Å². The number of piperidine rings is 1. The first-order valence-corrected chi connectivity index (χ1v) is 9.03. The average Bonchev–Trinajstić information content (AvgIpc) is 2.54. The lowest BCUT2D eigenvalue weighted by molar-refractivity contribution is 0.176. The monoisotopic (exact) mass is 333 g/mol. The number of carbonyl (C=O) groups excluding carboxylic acids is 1. The second-order valence-electron chi connectivity index (χ2n) is 7.00. The van der Waals surface area contributed by atoms with Gasteiger partial charge in [-0.05, 0) is 49.8 Å². The molecule has 1 aromatic carbocycles. The molecule has 2 amide bonds. The first-order chi connectivity index (χ1) is 11.5. The second kappa shape index (κ2) is 9.64. The predicted octanol–water partition coefficient (Wildman–Crippen LogP) is 2.49. The zero-order valence-corrected chi connectivity index (χ0v) is 14.9. The minimum atomic E-state index is -0.391. The van der Waals surface area contributed by atoms with Crippen molar-refractivity contribution >= 4 is 6.03 Å². The van der Waals surface area contributed by atoms with Crippen LogP contribution in [-0.4, -0.2) is 41.8 Å². The number of carbonyl (C=O) groups is 1. The average molecular weight is 333 g/mol. The van der Waals surface area contributed by atoms with E-state index in [0.717, 1.165) is 25.6 Å². The second-order valence-corrected chi connectivity index (χ2v) is 7.00. The Kier molecular flexibility index (Phi) is 7.53. The Labute approximate surface area is 145 Å². The topological polar surface area (TPSA) is 64.6 Å². The quantitative estimate of drug-likeness (QED) is 0.718. The van der Waals surface area contributed by atoms with E-state index < -0.39 is 6.10 Å². The molecule has 1 fully saturated rings. The summed E-state index contributed by atoms with van der Waals surface area (Å²) in [5.74, 6) is 0.767. The normalized spacial score (nSPS) is 19.7. The number of benzene rings is 1. The van der Waals surface area contributed by atoms with E-state index in [1.165, 1.54) is 24.0 Å². The van der Waals surface area contributed by atoms with E-state index in [9.17, 15) is 9.90 Å². The summed E-state index contributed by atoms with van der Waals surface area (Å²) in [5.41, 5.74) is 2.46. The molecule has 1 aliphatic heterocycles. The fourth-order valence-corrected chi connectivity index (χ4v) is 3.19. The van der Waals surface area contributed by atoms with E-state index in [0.29, 0.717) is 19.5 Å². The molecule has 0 saturated carbocycles. The Morgan fingerprint density at radius 2 is 2.08 bits per heavy atom. The van der Waals surface area contributed by atoms with Gasteiger partial charge in [0.15, 0.2) is 0 Å². The number of hydrogen-bond acceptors (Lipinski definition) is 3. The van der Waals surface area contributed by atoms with Gasteiger partial charge >= 0.3 is 6.03 Å². The van der Waals surface area contributed by atoms with Crippen molar-refractivity contribution < 1.29 is 9.90 Å². The zero-order valence-electron chi connectivity index (χ0n) is 14.9. The van der Waals surface area contributed by atoms with Crippen LogP contribution in [0.5, 0.6) is 0 Å². The summed E-state index contributed by atoms with van der Waals surface area (Å²) in [6.45, 7) is 8.31. The highest BCUT2D eigenvalue weighted by molar-refractivity contribution is 5.73.